The van der Waals surface area contributed by atoms with Crippen LogP contribution in [0.1, 0.15) is 46.1 Å². The van der Waals surface area contributed by atoms with E-state index in [9.17, 15) is 4.79 Å². The first-order valence-corrected chi connectivity index (χ1v) is 10.6. The van der Waals surface area contributed by atoms with Crippen LogP contribution in [0.4, 0.5) is 0 Å². The van der Waals surface area contributed by atoms with E-state index in [2.05, 4.69) is 53.5 Å². The molecular weight excluding hydrogens is 366 g/mol. The highest BCUT2D eigenvalue weighted by Crippen LogP contribution is 2.18. The van der Waals surface area contributed by atoms with Crippen molar-refractivity contribution in [1.82, 2.24) is 20.9 Å². The number of nitrogens with one attached hydrogen (secondary N) is 3. The molecule has 1 aliphatic carbocycles. The van der Waals surface area contributed by atoms with Crippen LogP contribution in [0.2, 0.25) is 0 Å². The highest BCUT2D eigenvalue weighted by molar-refractivity contribution is 5.79. The van der Waals surface area contributed by atoms with Crippen molar-refractivity contribution in [1.29, 1.82) is 0 Å². The predicted octanol–water partition coefficient (Wildman–Crippen LogP) is 2.13. The molecule has 0 aliphatic heterocycles. The molecule has 1 aliphatic rings. The van der Waals surface area contributed by atoms with E-state index in [1.165, 1.54) is 0 Å². The summed E-state index contributed by atoms with van der Waals surface area (Å²) >= 11 is 0. The molecule has 3 N–H and O–H groups in total. The van der Waals surface area contributed by atoms with Gasteiger partial charge in [-0.3, -0.25) is 14.7 Å². The lowest BCUT2D eigenvalue weighted by molar-refractivity contribution is -0.123. The quantitative estimate of drug-likeness (QED) is 0.390. The second-order valence-corrected chi connectivity index (χ2v) is 8.06. The van der Waals surface area contributed by atoms with E-state index < -0.39 is 0 Å². The molecule has 0 spiro atoms. The van der Waals surface area contributed by atoms with Crippen LogP contribution in [0.5, 0.6) is 5.75 Å². The molecule has 162 valence electrons. The fourth-order valence-corrected chi connectivity index (χ4v) is 3.21. The van der Waals surface area contributed by atoms with Crippen molar-refractivity contribution in [3.05, 3.63) is 29.8 Å². The Morgan fingerprint density at radius 2 is 1.93 bits per heavy atom. The van der Waals surface area contributed by atoms with Gasteiger partial charge < -0.3 is 20.7 Å². The lowest BCUT2D eigenvalue weighted by atomic mass is 10.2. The molecule has 0 atom stereocenters. The zero-order valence-electron chi connectivity index (χ0n) is 18.5. The topological polar surface area (TPSA) is 78.0 Å². The van der Waals surface area contributed by atoms with Crippen molar-refractivity contribution < 1.29 is 9.53 Å². The van der Waals surface area contributed by atoms with Gasteiger partial charge in [0.1, 0.15) is 5.75 Å². The van der Waals surface area contributed by atoms with Crippen molar-refractivity contribution >= 4 is 11.9 Å². The first-order chi connectivity index (χ1) is 13.9. The van der Waals surface area contributed by atoms with Crippen LogP contribution in [0, 0.1) is 0 Å². The van der Waals surface area contributed by atoms with Gasteiger partial charge in [-0.15, -0.1) is 0 Å². The largest absolute Gasteiger partial charge is 0.484 e. The van der Waals surface area contributed by atoms with Crippen LogP contribution in [0.3, 0.4) is 0 Å². The smallest absolute Gasteiger partial charge is 0.258 e. The van der Waals surface area contributed by atoms with E-state index in [0.29, 0.717) is 30.4 Å². The molecule has 0 saturated heterocycles. The van der Waals surface area contributed by atoms with Crippen LogP contribution in [-0.4, -0.2) is 61.6 Å². The Bertz CT molecular complexity index is 663. The molecule has 29 heavy (non-hydrogen) atoms. The van der Waals surface area contributed by atoms with Crippen molar-refractivity contribution in [2.45, 2.75) is 65.2 Å². The molecule has 1 aromatic rings. The van der Waals surface area contributed by atoms with Gasteiger partial charge in [0.25, 0.3) is 5.91 Å². The minimum absolute atomic E-state index is 0.0544. The molecule has 0 aromatic heterocycles. The van der Waals surface area contributed by atoms with Gasteiger partial charge in [0.2, 0.25) is 0 Å². The van der Waals surface area contributed by atoms with Crippen molar-refractivity contribution in [2.24, 2.45) is 4.99 Å². The maximum absolute atomic E-state index is 11.8. The van der Waals surface area contributed by atoms with Gasteiger partial charge in [-0.2, -0.15) is 0 Å². The number of aliphatic imine (C=N–C) groups is 1. The van der Waals surface area contributed by atoms with E-state index in [1.54, 1.807) is 7.05 Å². The molecule has 0 bridgehead atoms. The minimum Gasteiger partial charge on any atom is -0.484 e. The summed E-state index contributed by atoms with van der Waals surface area (Å²) in [6, 6.07) is 9.16. The van der Waals surface area contributed by atoms with Gasteiger partial charge in [-0.1, -0.05) is 12.1 Å². The molecule has 7 heteroatoms. The Balaban J connectivity index is 1.74. The second-order valence-electron chi connectivity index (χ2n) is 8.06. The molecule has 1 amide bonds. The van der Waals surface area contributed by atoms with E-state index in [-0.39, 0.29) is 12.5 Å². The monoisotopic (exact) mass is 403 g/mol. The van der Waals surface area contributed by atoms with Gasteiger partial charge in [0, 0.05) is 44.8 Å². The summed E-state index contributed by atoms with van der Waals surface area (Å²) in [5, 5.41) is 9.63. The predicted molar refractivity (Wildman–Crippen MR) is 118 cm³/mol. The maximum Gasteiger partial charge on any atom is 0.258 e. The summed E-state index contributed by atoms with van der Waals surface area (Å²) in [5.74, 6) is 1.41. The molecule has 1 aromatic carbocycles. The van der Waals surface area contributed by atoms with Gasteiger partial charge in [0.15, 0.2) is 12.6 Å². The number of benzene rings is 1. The Kier molecular flexibility index (Phi) is 9.25. The standard InChI is InChI=1S/C22H37N5O2/c1-16(2)27(17(3)4)12-11-24-22(23-5)25-14-18-7-6-8-20(13-18)29-15-21(28)26-19-9-10-19/h6-8,13,16-17,19H,9-12,14-15H2,1-5H3,(H,26,28)(H2,23,24,25). The summed E-state index contributed by atoms with van der Waals surface area (Å²) in [7, 11) is 1.77. The van der Waals surface area contributed by atoms with Gasteiger partial charge in [-0.25, -0.2) is 0 Å². The summed E-state index contributed by atoms with van der Waals surface area (Å²) in [6.45, 7) is 11.4. The lowest BCUT2D eigenvalue weighted by Gasteiger charge is -2.30. The highest BCUT2D eigenvalue weighted by atomic mass is 16.5. The molecular formula is C22H37N5O2. The Morgan fingerprint density at radius 1 is 1.21 bits per heavy atom. The minimum atomic E-state index is -0.0579. The van der Waals surface area contributed by atoms with E-state index in [4.69, 9.17) is 4.74 Å². The third kappa shape index (κ3) is 8.73. The first-order valence-electron chi connectivity index (χ1n) is 10.6. The van der Waals surface area contributed by atoms with Crippen LogP contribution in [0.15, 0.2) is 29.3 Å². The van der Waals surface area contributed by atoms with Crippen molar-refractivity contribution in [2.75, 3.05) is 26.7 Å². The van der Waals surface area contributed by atoms with E-state index >= 15 is 0 Å². The van der Waals surface area contributed by atoms with Crippen molar-refractivity contribution in [3.63, 3.8) is 0 Å². The van der Waals surface area contributed by atoms with Crippen molar-refractivity contribution in [3.8, 4) is 5.75 Å². The molecule has 0 heterocycles. The van der Waals surface area contributed by atoms with E-state index in [1.807, 2.05) is 24.3 Å². The zero-order chi connectivity index (χ0) is 21.2. The Hall–Kier alpha value is -2.28. The summed E-state index contributed by atoms with van der Waals surface area (Å²) in [6.07, 6.45) is 2.16. The molecule has 0 unspecified atom stereocenters. The highest BCUT2D eigenvalue weighted by Gasteiger charge is 2.23. The van der Waals surface area contributed by atoms with E-state index in [0.717, 1.165) is 37.5 Å². The number of hydrogen-bond donors (Lipinski definition) is 3. The number of nitrogens with zero attached hydrogens (tertiary/aromatic N) is 2. The summed E-state index contributed by atoms with van der Waals surface area (Å²) < 4.78 is 5.62. The molecule has 7 nitrogen and oxygen atoms in total. The van der Waals surface area contributed by atoms with Crippen LogP contribution >= 0.6 is 0 Å². The third-order valence-corrected chi connectivity index (χ3v) is 4.88. The fraction of sp³-hybridized carbons (Fsp3) is 0.636. The van der Waals surface area contributed by atoms with Gasteiger partial charge in [-0.05, 0) is 58.2 Å². The molecule has 1 saturated carbocycles. The normalized spacial score (nSPS) is 14.4. The third-order valence-electron chi connectivity index (χ3n) is 4.88. The summed E-state index contributed by atoms with van der Waals surface area (Å²) in [4.78, 5) is 18.5. The molecule has 2 rings (SSSR count). The molecule has 0 radical (unpaired) electrons. The lowest BCUT2D eigenvalue weighted by Crippen LogP contribution is -2.45. The molecule has 1 fully saturated rings. The number of hydrogen-bond acceptors (Lipinski definition) is 4. The number of ether oxygens (including phenoxy) is 1. The number of guanidine groups is 1. The zero-order valence-corrected chi connectivity index (χ0v) is 18.5. The second kappa shape index (κ2) is 11.7. The average molecular weight is 404 g/mol. The number of carbonyl (C=O) groups excluding carboxylic acids is 1. The van der Waals surface area contributed by atoms with Crippen LogP contribution in [0.25, 0.3) is 0 Å². The maximum atomic E-state index is 11.8. The first kappa shape index (κ1) is 23.0. The Morgan fingerprint density at radius 3 is 2.55 bits per heavy atom. The number of amides is 1. The fourth-order valence-electron chi connectivity index (χ4n) is 3.21. The number of carbonyl (C=O) groups is 1. The summed E-state index contributed by atoms with van der Waals surface area (Å²) in [5.41, 5.74) is 1.07. The van der Waals surface area contributed by atoms with Crippen LogP contribution < -0.4 is 20.7 Å². The van der Waals surface area contributed by atoms with Gasteiger partial charge >= 0.3 is 0 Å². The van der Waals surface area contributed by atoms with Crippen LogP contribution in [-0.2, 0) is 11.3 Å². The Labute approximate surface area is 175 Å². The van der Waals surface area contributed by atoms with Gasteiger partial charge in [0.05, 0.1) is 0 Å². The SMILES string of the molecule is CN=C(NCCN(C(C)C)C(C)C)NCc1cccc(OCC(=O)NC2CC2)c1. The average Bonchev–Trinajstić information content (AvgIpc) is 3.49. The number of rotatable bonds is 11.